The first-order chi connectivity index (χ1) is 17.1. The Hall–Kier alpha value is -4.05. The number of ketones is 1. The second-order valence-corrected chi connectivity index (χ2v) is 9.03. The third kappa shape index (κ3) is 3.32. The Bertz CT molecular complexity index is 1540. The van der Waals surface area contributed by atoms with Gasteiger partial charge >= 0.3 is 0 Å². The summed E-state index contributed by atoms with van der Waals surface area (Å²) >= 11 is 1.52. The molecule has 3 heterocycles. The first kappa shape index (κ1) is 21.5. The van der Waals surface area contributed by atoms with Crippen LogP contribution in [0.15, 0.2) is 40.6 Å². The van der Waals surface area contributed by atoms with Crippen molar-refractivity contribution in [1.29, 1.82) is 0 Å². The fourth-order valence-corrected chi connectivity index (χ4v) is 5.26. The maximum Gasteiger partial charge on any atom is 0.259 e. The van der Waals surface area contributed by atoms with E-state index in [2.05, 4.69) is 10.3 Å². The normalized spacial score (nSPS) is 13.1. The average molecular weight is 492 g/mol. The molecule has 1 aliphatic heterocycles. The van der Waals surface area contributed by atoms with Gasteiger partial charge in [-0.3, -0.25) is 9.59 Å². The molecule has 2 aromatic carbocycles. The minimum atomic E-state index is -0.202. The van der Waals surface area contributed by atoms with Crippen LogP contribution in [-0.4, -0.2) is 42.9 Å². The molecule has 1 N–H and O–H groups in total. The lowest BCUT2D eigenvalue weighted by molar-refractivity contribution is 0.104. The minimum absolute atomic E-state index is 0.100. The van der Waals surface area contributed by atoms with Crippen molar-refractivity contribution in [2.45, 2.75) is 13.0 Å². The number of pyridine rings is 1. The van der Waals surface area contributed by atoms with E-state index in [4.69, 9.17) is 18.9 Å². The van der Waals surface area contributed by atoms with Gasteiger partial charge in [0.15, 0.2) is 33.9 Å². The molecular weight excluding hydrogens is 470 g/mol. The van der Waals surface area contributed by atoms with Crippen molar-refractivity contribution in [3.63, 3.8) is 0 Å². The number of nitrogens with one attached hydrogen (secondary N) is 1. The number of carbonyl (C=O) groups excluding carboxylic acids is 1. The first-order valence-electron chi connectivity index (χ1n) is 11.0. The number of aromatic nitrogens is 2. The van der Waals surface area contributed by atoms with E-state index in [0.717, 1.165) is 5.13 Å². The second-order valence-electron chi connectivity index (χ2n) is 8.13. The summed E-state index contributed by atoms with van der Waals surface area (Å²) in [6, 6.07) is 6.83. The Labute approximate surface area is 203 Å². The Morgan fingerprint density at radius 3 is 2.43 bits per heavy atom. The van der Waals surface area contributed by atoms with Crippen LogP contribution in [0.2, 0.25) is 0 Å². The van der Waals surface area contributed by atoms with E-state index in [9.17, 15) is 9.59 Å². The highest BCUT2D eigenvalue weighted by molar-refractivity contribution is 7.13. The lowest BCUT2D eigenvalue weighted by Crippen LogP contribution is -2.24. The summed E-state index contributed by atoms with van der Waals surface area (Å²) in [7, 11) is 3.04. The van der Waals surface area contributed by atoms with E-state index in [1.54, 1.807) is 35.0 Å². The van der Waals surface area contributed by atoms with Gasteiger partial charge < -0.3 is 28.8 Å². The monoisotopic (exact) mass is 491 g/mol. The van der Waals surface area contributed by atoms with Crippen molar-refractivity contribution in [1.82, 2.24) is 9.55 Å². The molecule has 178 valence electrons. The van der Waals surface area contributed by atoms with E-state index in [1.165, 1.54) is 25.6 Å². The molecule has 6 rings (SSSR count). The zero-order chi connectivity index (χ0) is 24.1. The third-order valence-electron chi connectivity index (χ3n) is 6.28. The number of anilines is 1. The van der Waals surface area contributed by atoms with Crippen molar-refractivity contribution in [3.8, 4) is 34.3 Å². The van der Waals surface area contributed by atoms with Gasteiger partial charge in [-0.05, 0) is 30.7 Å². The fraction of sp³-hybridized carbons (Fsp3) is 0.240. The molecule has 0 unspecified atom stereocenters. The van der Waals surface area contributed by atoms with Crippen LogP contribution in [0.3, 0.4) is 0 Å². The molecule has 0 amide bonds. The van der Waals surface area contributed by atoms with Gasteiger partial charge in [-0.2, -0.15) is 0 Å². The molecule has 0 saturated carbocycles. The van der Waals surface area contributed by atoms with Crippen LogP contribution in [0, 0.1) is 0 Å². The molecule has 0 fully saturated rings. The van der Waals surface area contributed by atoms with E-state index in [-0.39, 0.29) is 18.1 Å². The number of ether oxygens (including phenoxy) is 4. The smallest absolute Gasteiger partial charge is 0.259 e. The second kappa shape index (κ2) is 8.31. The molecule has 2 aliphatic rings. The van der Waals surface area contributed by atoms with Crippen molar-refractivity contribution in [2.75, 3.05) is 32.9 Å². The van der Waals surface area contributed by atoms with E-state index in [0.29, 0.717) is 75.7 Å². The number of rotatable bonds is 7. The Morgan fingerprint density at radius 1 is 1.03 bits per heavy atom. The van der Waals surface area contributed by atoms with Gasteiger partial charge in [0.25, 0.3) is 5.56 Å². The predicted octanol–water partition coefficient (Wildman–Crippen LogP) is 3.92. The number of thiazole rings is 1. The van der Waals surface area contributed by atoms with Crippen LogP contribution in [0.4, 0.5) is 5.13 Å². The van der Waals surface area contributed by atoms with Crippen molar-refractivity contribution >= 4 is 33.0 Å². The van der Waals surface area contributed by atoms with Crippen LogP contribution >= 0.6 is 11.3 Å². The molecule has 9 nitrogen and oxygen atoms in total. The highest BCUT2D eigenvalue weighted by Crippen LogP contribution is 2.46. The molecule has 0 saturated heterocycles. The lowest BCUT2D eigenvalue weighted by atomic mass is 10.0. The van der Waals surface area contributed by atoms with Crippen LogP contribution in [0.5, 0.6) is 23.0 Å². The fourth-order valence-electron chi connectivity index (χ4n) is 4.70. The SMILES string of the molecule is COc1cc2c3c(n(CCCNc4nccs4)c(=O)c2cc1OC)-c1cc2c(cc1C3=O)OCO2. The van der Waals surface area contributed by atoms with Crippen LogP contribution in [-0.2, 0) is 6.54 Å². The van der Waals surface area contributed by atoms with E-state index < -0.39 is 0 Å². The van der Waals surface area contributed by atoms with Crippen molar-refractivity contribution in [2.24, 2.45) is 0 Å². The number of carbonyl (C=O) groups is 1. The summed E-state index contributed by atoms with van der Waals surface area (Å²) in [5.74, 6) is 1.79. The molecule has 10 heteroatoms. The summed E-state index contributed by atoms with van der Waals surface area (Å²) in [6.45, 7) is 1.13. The molecule has 2 aromatic heterocycles. The topological polar surface area (TPSA) is 101 Å². The molecule has 4 aromatic rings. The van der Waals surface area contributed by atoms with Gasteiger partial charge in [-0.25, -0.2) is 4.98 Å². The summed E-state index contributed by atoms with van der Waals surface area (Å²) in [5.41, 5.74) is 2.00. The number of benzene rings is 2. The molecule has 0 bridgehead atoms. The molecule has 0 spiro atoms. The van der Waals surface area contributed by atoms with Crippen LogP contribution < -0.4 is 29.8 Å². The number of hydrogen-bond acceptors (Lipinski definition) is 9. The number of methoxy groups -OCH3 is 2. The van der Waals surface area contributed by atoms with Crippen molar-refractivity contribution < 1.29 is 23.7 Å². The Kier molecular flexibility index (Phi) is 5.10. The van der Waals surface area contributed by atoms with Crippen LogP contribution in [0.25, 0.3) is 22.0 Å². The van der Waals surface area contributed by atoms with Crippen molar-refractivity contribution in [3.05, 3.63) is 57.3 Å². The van der Waals surface area contributed by atoms with E-state index in [1.807, 2.05) is 5.38 Å². The highest BCUT2D eigenvalue weighted by atomic mass is 32.1. The molecular formula is C25H21N3O6S. The maximum absolute atomic E-state index is 13.8. The van der Waals surface area contributed by atoms with Gasteiger partial charge in [0.1, 0.15) is 0 Å². The first-order valence-corrected chi connectivity index (χ1v) is 11.9. The highest BCUT2D eigenvalue weighted by Gasteiger charge is 2.35. The zero-order valence-corrected chi connectivity index (χ0v) is 19.9. The molecule has 35 heavy (non-hydrogen) atoms. The number of hydrogen-bond donors (Lipinski definition) is 1. The molecule has 1 aliphatic carbocycles. The van der Waals surface area contributed by atoms with Gasteiger partial charge in [0, 0.05) is 41.2 Å². The summed E-state index contributed by atoms with van der Waals surface area (Å²) in [4.78, 5) is 31.7. The lowest BCUT2D eigenvalue weighted by Gasteiger charge is -2.17. The summed E-state index contributed by atoms with van der Waals surface area (Å²) < 4.78 is 23.6. The quantitative estimate of drug-likeness (QED) is 0.342. The number of nitrogens with zero attached hydrogens (tertiary/aromatic N) is 2. The Balaban J connectivity index is 1.53. The summed E-state index contributed by atoms with van der Waals surface area (Å²) in [6.07, 6.45) is 2.39. The largest absolute Gasteiger partial charge is 0.493 e. The molecule has 0 atom stereocenters. The van der Waals surface area contributed by atoms with Gasteiger partial charge in [-0.15, -0.1) is 11.3 Å². The predicted molar refractivity (Wildman–Crippen MR) is 132 cm³/mol. The Morgan fingerprint density at radius 2 is 1.74 bits per heavy atom. The van der Waals surface area contributed by atoms with E-state index >= 15 is 0 Å². The standard InChI is InChI=1S/C25H21N3O6S/c1-31-17-8-13-16(11-18(17)32-2)24(30)28(6-3-4-26-25-27-5-7-35-25)22-14-9-19-20(34-12-33-19)10-15(14)23(29)21(13)22/h5,7-11H,3-4,6,12H2,1-2H3,(H,26,27). The van der Waals surface area contributed by atoms with Crippen LogP contribution in [0.1, 0.15) is 22.3 Å². The number of fused-ring (bicyclic) bond motifs is 6. The summed E-state index contributed by atoms with van der Waals surface area (Å²) in [5, 5.41) is 6.92. The van der Waals surface area contributed by atoms with Gasteiger partial charge in [-0.1, -0.05) is 0 Å². The van der Waals surface area contributed by atoms with Gasteiger partial charge in [0.05, 0.1) is 30.9 Å². The third-order valence-corrected chi connectivity index (χ3v) is 7.01. The van der Waals surface area contributed by atoms with Gasteiger partial charge in [0.2, 0.25) is 6.79 Å². The minimum Gasteiger partial charge on any atom is -0.493 e. The zero-order valence-electron chi connectivity index (χ0n) is 19.0. The maximum atomic E-state index is 13.8. The average Bonchev–Trinajstić information content (AvgIpc) is 3.62. The molecule has 0 radical (unpaired) electrons.